The molecule has 1 amide bonds. The number of hydrogen-bond acceptors (Lipinski definition) is 3. The van der Waals surface area contributed by atoms with Crippen molar-refractivity contribution in [1.29, 1.82) is 0 Å². The molecule has 0 spiro atoms. The van der Waals surface area contributed by atoms with Gasteiger partial charge in [-0.15, -0.1) is 0 Å². The van der Waals surface area contributed by atoms with Gasteiger partial charge < -0.3 is 15.8 Å². The lowest BCUT2D eigenvalue weighted by Crippen LogP contribution is -2.31. The van der Waals surface area contributed by atoms with Crippen molar-refractivity contribution < 1.29 is 9.53 Å². The fraction of sp³-hybridized carbons (Fsp3) is 0.562. The quantitative estimate of drug-likeness (QED) is 0.829. The van der Waals surface area contributed by atoms with Gasteiger partial charge >= 0.3 is 0 Å². The number of hydrogen-bond donors (Lipinski definition) is 2. The van der Waals surface area contributed by atoms with Crippen LogP contribution in [-0.4, -0.2) is 19.6 Å². The van der Waals surface area contributed by atoms with Crippen LogP contribution in [0.5, 0.6) is 5.75 Å². The van der Waals surface area contributed by atoms with Gasteiger partial charge in [-0.1, -0.05) is 6.42 Å². The van der Waals surface area contributed by atoms with Crippen molar-refractivity contribution in [1.82, 2.24) is 5.32 Å². The van der Waals surface area contributed by atoms with Crippen molar-refractivity contribution in [3.05, 3.63) is 23.8 Å². The Bertz CT molecular complexity index is 515. The maximum atomic E-state index is 12.2. The van der Waals surface area contributed by atoms with E-state index in [4.69, 9.17) is 10.5 Å². The standard InChI is InChI=1S/C16H22N2O2/c1-20-15-8-12(4-5-14(15)17)16(19)18-9-13-7-10-2-3-11(13)6-10/h4-5,8,10-11,13H,2-3,6-7,9,17H2,1H3,(H,18,19). The monoisotopic (exact) mass is 274 g/mol. The summed E-state index contributed by atoms with van der Waals surface area (Å²) in [6, 6.07) is 5.16. The van der Waals surface area contributed by atoms with Crippen molar-refractivity contribution >= 4 is 11.6 Å². The molecule has 0 heterocycles. The van der Waals surface area contributed by atoms with Crippen LogP contribution in [0.1, 0.15) is 36.0 Å². The molecular formula is C16H22N2O2. The molecule has 108 valence electrons. The Labute approximate surface area is 119 Å². The number of nitrogens with two attached hydrogens (primary N) is 1. The lowest BCUT2D eigenvalue weighted by molar-refractivity contribution is 0.0941. The lowest BCUT2D eigenvalue weighted by Gasteiger charge is -2.21. The Hall–Kier alpha value is -1.71. The van der Waals surface area contributed by atoms with Crippen LogP contribution in [0.15, 0.2) is 18.2 Å². The maximum Gasteiger partial charge on any atom is 0.251 e. The molecule has 0 aromatic heterocycles. The summed E-state index contributed by atoms with van der Waals surface area (Å²) < 4.78 is 5.15. The summed E-state index contributed by atoms with van der Waals surface area (Å²) in [5.41, 5.74) is 6.92. The van der Waals surface area contributed by atoms with Gasteiger partial charge in [0.15, 0.2) is 0 Å². The van der Waals surface area contributed by atoms with Crippen LogP contribution in [0.25, 0.3) is 0 Å². The first-order chi connectivity index (χ1) is 9.67. The van der Waals surface area contributed by atoms with Gasteiger partial charge in [0.05, 0.1) is 12.8 Å². The molecular weight excluding hydrogens is 252 g/mol. The topological polar surface area (TPSA) is 64.3 Å². The van der Waals surface area contributed by atoms with Gasteiger partial charge in [0.25, 0.3) is 5.91 Å². The second kappa shape index (κ2) is 5.35. The van der Waals surface area contributed by atoms with Gasteiger partial charge in [0, 0.05) is 12.1 Å². The molecule has 2 saturated carbocycles. The first kappa shape index (κ1) is 13.3. The Morgan fingerprint density at radius 2 is 2.25 bits per heavy atom. The minimum absolute atomic E-state index is 0.0360. The zero-order valence-corrected chi connectivity index (χ0v) is 11.9. The first-order valence-corrected chi connectivity index (χ1v) is 7.39. The van der Waals surface area contributed by atoms with Gasteiger partial charge in [-0.25, -0.2) is 0 Å². The van der Waals surface area contributed by atoms with Crippen LogP contribution in [0.2, 0.25) is 0 Å². The number of methoxy groups -OCH3 is 1. The predicted molar refractivity (Wildman–Crippen MR) is 78.7 cm³/mol. The minimum atomic E-state index is -0.0360. The Balaban J connectivity index is 1.59. The number of carbonyl (C=O) groups is 1. The summed E-state index contributed by atoms with van der Waals surface area (Å²) in [4.78, 5) is 12.2. The molecule has 3 unspecified atom stereocenters. The fourth-order valence-corrected chi connectivity index (χ4v) is 3.80. The number of nitrogen functional groups attached to an aromatic ring is 1. The molecule has 1 aromatic rings. The van der Waals surface area contributed by atoms with E-state index in [1.165, 1.54) is 25.7 Å². The van der Waals surface area contributed by atoms with E-state index in [9.17, 15) is 4.79 Å². The Morgan fingerprint density at radius 1 is 1.40 bits per heavy atom. The van der Waals surface area contributed by atoms with Crippen molar-refractivity contribution in [2.24, 2.45) is 17.8 Å². The van der Waals surface area contributed by atoms with Gasteiger partial charge in [-0.2, -0.15) is 0 Å². The Morgan fingerprint density at radius 3 is 2.90 bits per heavy atom. The average Bonchev–Trinajstić information content (AvgIpc) is 3.07. The molecule has 20 heavy (non-hydrogen) atoms. The van der Waals surface area contributed by atoms with E-state index < -0.39 is 0 Å². The molecule has 2 aliphatic carbocycles. The maximum absolute atomic E-state index is 12.2. The normalized spacial score (nSPS) is 27.6. The van der Waals surface area contributed by atoms with Crippen molar-refractivity contribution in [3.63, 3.8) is 0 Å². The third kappa shape index (κ3) is 2.47. The smallest absolute Gasteiger partial charge is 0.251 e. The zero-order chi connectivity index (χ0) is 14.1. The van der Waals surface area contributed by atoms with Crippen LogP contribution in [-0.2, 0) is 0 Å². The molecule has 3 rings (SSSR count). The first-order valence-electron chi connectivity index (χ1n) is 7.39. The Kier molecular flexibility index (Phi) is 3.55. The molecule has 4 nitrogen and oxygen atoms in total. The lowest BCUT2D eigenvalue weighted by atomic mass is 9.89. The highest BCUT2D eigenvalue weighted by Gasteiger charge is 2.39. The second-order valence-electron chi connectivity index (χ2n) is 6.10. The fourth-order valence-electron chi connectivity index (χ4n) is 3.80. The molecule has 2 bridgehead atoms. The number of benzene rings is 1. The third-order valence-electron chi connectivity index (χ3n) is 4.91. The van der Waals surface area contributed by atoms with Crippen LogP contribution < -0.4 is 15.8 Å². The molecule has 1 aromatic carbocycles. The summed E-state index contributed by atoms with van der Waals surface area (Å²) >= 11 is 0. The number of carbonyl (C=O) groups excluding carboxylic acids is 1. The van der Waals surface area contributed by atoms with Gasteiger partial charge in [0.2, 0.25) is 0 Å². The van der Waals surface area contributed by atoms with E-state index in [1.54, 1.807) is 25.3 Å². The number of rotatable bonds is 4. The largest absolute Gasteiger partial charge is 0.495 e. The van der Waals surface area contributed by atoms with Crippen LogP contribution in [0.3, 0.4) is 0 Å². The molecule has 4 heteroatoms. The molecule has 3 atom stereocenters. The summed E-state index contributed by atoms with van der Waals surface area (Å²) in [5, 5.41) is 3.06. The second-order valence-corrected chi connectivity index (χ2v) is 6.10. The van der Waals surface area contributed by atoms with E-state index in [-0.39, 0.29) is 5.91 Å². The number of amides is 1. The molecule has 0 saturated heterocycles. The van der Waals surface area contributed by atoms with E-state index in [2.05, 4.69) is 5.32 Å². The van der Waals surface area contributed by atoms with Crippen LogP contribution >= 0.6 is 0 Å². The van der Waals surface area contributed by atoms with Crippen molar-refractivity contribution in [2.45, 2.75) is 25.7 Å². The molecule has 0 radical (unpaired) electrons. The summed E-state index contributed by atoms with van der Waals surface area (Å²) in [6.07, 6.45) is 5.40. The van der Waals surface area contributed by atoms with E-state index in [0.29, 0.717) is 22.9 Å². The summed E-state index contributed by atoms with van der Waals surface area (Å²) in [7, 11) is 1.56. The van der Waals surface area contributed by atoms with E-state index >= 15 is 0 Å². The van der Waals surface area contributed by atoms with Gasteiger partial charge in [-0.3, -0.25) is 4.79 Å². The van der Waals surface area contributed by atoms with Crippen molar-refractivity contribution in [3.8, 4) is 5.75 Å². The molecule has 0 aliphatic heterocycles. The summed E-state index contributed by atoms with van der Waals surface area (Å²) in [5.74, 6) is 2.94. The summed E-state index contributed by atoms with van der Waals surface area (Å²) in [6.45, 7) is 0.798. The molecule has 3 N–H and O–H groups in total. The number of fused-ring (bicyclic) bond motifs is 2. The highest BCUT2D eigenvalue weighted by molar-refractivity contribution is 5.95. The minimum Gasteiger partial charge on any atom is -0.495 e. The number of nitrogens with one attached hydrogen (secondary N) is 1. The van der Waals surface area contributed by atoms with Gasteiger partial charge in [-0.05, 0) is 55.2 Å². The zero-order valence-electron chi connectivity index (χ0n) is 11.9. The van der Waals surface area contributed by atoms with Crippen LogP contribution in [0, 0.1) is 17.8 Å². The highest BCUT2D eigenvalue weighted by Crippen LogP contribution is 2.47. The number of anilines is 1. The van der Waals surface area contributed by atoms with Crippen LogP contribution in [0.4, 0.5) is 5.69 Å². The molecule has 2 aliphatic rings. The van der Waals surface area contributed by atoms with E-state index in [1.807, 2.05) is 0 Å². The average molecular weight is 274 g/mol. The van der Waals surface area contributed by atoms with Gasteiger partial charge in [0.1, 0.15) is 5.75 Å². The SMILES string of the molecule is COc1cc(C(=O)NCC2CC3CCC2C3)ccc1N. The number of ether oxygens (including phenoxy) is 1. The van der Waals surface area contributed by atoms with Crippen molar-refractivity contribution in [2.75, 3.05) is 19.4 Å². The van der Waals surface area contributed by atoms with E-state index in [0.717, 1.165) is 18.4 Å². The predicted octanol–water partition coefficient (Wildman–Crippen LogP) is 2.44. The highest BCUT2D eigenvalue weighted by atomic mass is 16.5. The third-order valence-corrected chi connectivity index (χ3v) is 4.91. The molecule has 2 fully saturated rings.